The van der Waals surface area contributed by atoms with E-state index in [0.29, 0.717) is 18.7 Å². The number of amides is 1. The Labute approximate surface area is 155 Å². The normalized spacial score (nSPS) is 10.6. The van der Waals surface area contributed by atoms with Crippen LogP contribution in [-0.2, 0) is 11.2 Å². The summed E-state index contributed by atoms with van der Waals surface area (Å²) in [4.78, 5) is 18.9. The zero-order valence-electron chi connectivity index (χ0n) is 13.2. The standard InChI is InChI=1S/C17H18Cl2N2O2S/c1-21(8-5-12-4-2-3-7-20-12)16(22)6-9-24-13-10-14(18)17(23)15(19)11-13/h2-4,7,10-11,23H,5-6,8-9H2,1H3. The second kappa shape index (κ2) is 9.16. The quantitative estimate of drug-likeness (QED) is 0.723. The minimum Gasteiger partial charge on any atom is -0.505 e. The summed E-state index contributed by atoms with van der Waals surface area (Å²) in [7, 11) is 1.80. The molecule has 0 unspecified atom stereocenters. The molecule has 0 bridgehead atoms. The first-order valence-corrected chi connectivity index (χ1v) is 9.16. The predicted octanol–water partition coefficient (Wildman–Crippen LogP) is 4.28. The molecule has 2 rings (SSSR count). The van der Waals surface area contributed by atoms with Crippen molar-refractivity contribution in [1.29, 1.82) is 0 Å². The molecule has 1 amide bonds. The number of hydrogen-bond acceptors (Lipinski definition) is 4. The van der Waals surface area contributed by atoms with Gasteiger partial charge in [0.15, 0.2) is 5.75 Å². The van der Waals surface area contributed by atoms with E-state index >= 15 is 0 Å². The van der Waals surface area contributed by atoms with Gasteiger partial charge >= 0.3 is 0 Å². The second-order valence-corrected chi connectivity index (χ2v) is 7.20. The third kappa shape index (κ3) is 5.58. The van der Waals surface area contributed by atoms with E-state index in [4.69, 9.17) is 23.2 Å². The number of nitrogens with zero attached hydrogens (tertiary/aromatic N) is 2. The summed E-state index contributed by atoms with van der Waals surface area (Å²) in [5, 5.41) is 9.95. The number of thioether (sulfide) groups is 1. The van der Waals surface area contributed by atoms with Crippen molar-refractivity contribution >= 4 is 40.9 Å². The number of pyridine rings is 1. The minimum atomic E-state index is -0.118. The Bertz CT molecular complexity index is 675. The summed E-state index contributed by atoms with van der Waals surface area (Å²) in [6.07, 6.45) is 2.90. The van der Waals surface area contributed by atoms with Gasteiger partial charge in [-0.05, 0) is 24.3 Å². The fourth-order valence-electron chi connectivity index (χ4n) is 2.03. The van der Waals surface area contributed by atoms with Gasteiger partial charge in [0.25, 0.3) is 0 Å². The Morgan fingerprint density at radius 1 is 1.29 bits per heavy atom. The van der Waals surface area contributed by atoms with Crippen LogP contribution in [0.5, 0.6) is 5.75 Å². The third-order valence-electron chi connectivity index (χ3n) is 3.43. The number of aromatic hydroxyl groups is 1. The molecule has 2 aromatic rings. The Morgan fingerprint density at radius 2 is 2.00 bits per heavy atom. The van der Waals surface area contributed by atoms with Crippen LogP contribution >= 0.6 is 35.0 Å². The van der Waals surface area contributed by atoms with Crippen molar-refractivity contribution in [2.24, 2.45) is 0 Å². The van der Waals surface area contributed by atoms with Crippen LogP contribution in [0.4, 0.5) is 0 Å². The topological polar surface area (TPSA) is 53.4 Å². The van der Waals surface area contributed by atoms with Gasteiger partial charge in [-0.25, -0.2) is 0 Å². The smallest absolute Gasteiger partial charge is 0.223 e. The lowest BCUT2D eigenvalue weighted by atomic mass is 10.2. The van der Waals surface area contributed by atoms with Crippen LogP contribution in [0.25, 0.3) is 0 Å². The number of carbonyl (C=O) groups is 1. The molecule has 0 saturated carbocycles. The van der Waals surface area contributed by atoms with Gasteiger partial charge in [0.2, 0.25) is 5.91 Å². The van der Waals surface area contributed by atoms with Crippen molar-refractivity contribution in [2.45, 2.75) is 17.7 Å². The predicted molar refractivity (Wildman–Crippen MR) is 99.0 cm³/mol. The summed E-state index contributed by atoms with van der Waals surface area (Å²) in [5.41, 5.74) is 0.972. The molecule has 1 N–H and O–H groups in total. The number of halogens is 2. The highest BCUT2D eigenvalue weighted by atomic mass is 35.5. The Kier molecular flexibility index (Phi) is 7.21. The van der Waals surface area contributed by atoms with Crippen LogP contribution in [0.3, 0.4) is 0 Å². The van der Waals surface area contributed by atoms with Gasteiger partial charge in [0, 0.05) is 49.0 Å². The highest BCUT2D eigenvalue weighted by molar-refractivity contribution is 7.99. The van der Waals surface area contributed by atoms with E-state index in [1.54, 1.807) is 30.3 Å². The van der Waals surface area contributed by atoms with Gasteiger partial charge < -0.3 is 10.0 Å². The minimum absolute atomic E-state index is 0.0782. The maximum Gasteiger partial charge on any atom is 0.223 e. The van der Waals surface area contributed by atoms with Crippen molar-refractivity contribution in [1.82, 2.24) is 9.88 Å². The largest absolute Gasteiger partial charge is 0.505 e. The molecule has 7 heteroatoms. The summed E-state index contributed by atoms with van der Waals surface area (Å²) >= 11 is 13.2. The van der Waals surface area contributed by atoms with E-state index in [-0.39, 0.29) is 21.7 Å². The molecule has 1 aromatic heterocycles. The number of carbonyl (C=O) groups excluding carboxylic acids is 1. The van der Waals surface area contributed by atoms with Crippen molar-refractivity contribution in [3.05, 3.63) is 52.3 Å². The molecule has 4 nitrogen and oxygen atoms in total. The average Bonchev–Trinajstić information content (AvgIpc) is 2.58. The fraction of sp³-hybridized carbons (Fsp3) is 0.294. The number of phenols is 1. The first kappa shape index (κ1) is 18.9. The second-order valence-electron chi connectivity index (χ2n) is 5.22. The van der Waals surface area contributed by atoms with Crippen LogP contribution in [0.15, 0.2) is 41.4 Å². The molecule has 0 aliphatic rings. The highest BCUT2D eigenvalue weighted by Crippen LogP contribution is 2.36. The molecule has 1 heterocycles. The number of aromatic nitrogens is 1. The number of hydrogen-bond donors (Lipinski definition) is 1. The van der Waals surface area contributed by atoms with Crippen LogP contribution < -0.4 is 0 Å². The maximum absolute atomic E-state index is 12.1. The first-order chi connectivity index (χ1) is 11.5. The van der Waals surface area contributed by atoms with Gasteiger partial charge in [0.05, 0.1) is 10.0 Å². The van der Waals surface area contributed by atoms with E-state index in [1.165, 1.54) is 11.8 Å². The lowest BCUT2D eigenvalue weighted by molar-refractivity contribution is -0.129. The third-order valence-corrected chi connectivity index (χ3v) is 4.98. The lowest BCUT2D eigenvalue weighted by Crippen LogP contribution is -2.29. The first-order valence-electron chi connectivity index (χ1n) is 7.42. The van der Waals surface area contributed by atoms with Crippen molar-refractivity contribution in [3.63, 3.8) is 0 Å². The van der Waals surface area contributed by atoms with Crippen LogP contribution in [0.2, 0.25) is 10.0 Å². The summed E-state index contributed by atoms with van der Waals surface area (Å²) in [6, 6.07) is 9.05. The van der Waals surface area contributed by atoms with Crippen molar-refractivity contribution < 1.29 is 9.90 Å². The van der Waals surface area contributed by atoms with E-state index in [1.807, 2.05) is 18.2 Å². The van der Waals surface area contributed by atoms with Gasteiger partial charge in [-0.2, -0.15) is 0 Å². The van der Waals surface area contributed by atoms with E-state index in [2.05, 4.69) is 4.98 Å². The lowest BCUT2D eigenvalue weighted by Gasteiger charge is -2.16. The van der Waals surface area contributed by atoms with Gasteiger partial charge in [-0.1, -0.05) is 29.3 Å². The van der Waals surface area contributed by atoms with Gasteiger partial charge in [-0.15, -0.1) is 11.8 Å². The monoisotopic (exact) mass is 384 g/mol. The number of rotatable bonds is 7. The summed E-state index contributed by atoms with van der Waals surface area (Å²) in [6.45, 7) is 0.636. The molecule has 1 aromatic carbocycles. The molecule has 0 saturated heterocycles. The zero-order chi connectivity index (χ0) is 17.5. The van der Waals surface area contributed by atoms with Gasteiger partial charge in [0.1, 0.15) is 0 Å². The maximum atomic E-state index is 12.1. The van der Waals surface area contributed by atoms with Crippen molar-refractivity contribution in [2.75, 3.05) is 19.3 Å². The van der Waals surface area contributed by atoms with Gasteiger partial charge in [-0.3, -0.25) is 9.78 Å². The molecular weight excluding hydrogens is 367 g/mol. The molecule has 128 valence electrons. The average molecular weight is 385 g/mol. The van der Waals surface area contributed by atoms with Crippen LogP contribution in [0.1, 0.15) is 12.1 Å². The number of likely N-dealkylation sites (N-methyl/N-ethyl adjacent to an activating group) is 1. The van der Waals surface area contributed by atoms with E-state index in [0.717, 1.165) is 17.0 Å². The Balaban J connectivity index is 1.76. The molecule has 0 radical (unpaired) electrons. The Hall–Kier alpha value is -1.43. The molecule has 0 aliphatic carbocycles. The molecule has 0 fully saturated rings. The molecule has 0 spiro atoms. The molecular formula is C17H18Cl2N2O2S. The number of benzene rings is 1. The van der Waals surface area contributed by atoms with Crippen LogP contribution in [0, 0.1) is 0 Å². The summed E-state index contributed by atoms with van der Waals surface area (Å²) in [5.74, 6) is 0.576. The summed E-state index contributed by atoms with van der Waals surface area (Å²) < 4.78 is 0. The van der Waals surface area contributed by atoms with Crippen molar-refractivity contribution in [3.8, 4) is 5.75 Å². The van der Waals surface area contributed by atoms with E-state index < -0.39 is 0 Å². The van der Waals surface area contributed by atoms with E-state index in [9.17, 15) is 9.90 Å². The van der Waals surface area contributed by atoms with Crippen LogP contribution in [-0.4, -0.2) is 40.2 Å². The molecule has 24 heavy (non-hydrogen) atoms. The highest BCUT2D eigenvalue weighted by Gasteiger charge is 2.11. The molecule has 0 aliphatic heterocycles. The molecule has 0 atom stereocenters. The fourth-order valence-corrected chi connectivity index (χ4v) is 3.56. The SMILES string of the molecule is CN(CCc1ccccn1)C(=O)CCSc1cc(Cl)c(O)c(Cl)c1. The zero-order valence-corrected chi connectivity index (χ0v) is 15.5. The number of phenolic OH excluding ortho intramolecular Hbond substituents is 1. The Morgan fingerprint density at radius 3 is 2.62 bits per heavy atom.